The lowest BCUT2D eigenvalue weighted by Gasteiger charge is -2.07. The number of carbonyl (C=O) groups is 1. The van der Waals surface area contributed by atoms with Crippen molar-refractivity contribution < 1.29 is 14.6 Å². The van der Waals surface area contributed by atoms with Crippen LogP contribution in [-0.4, -0.2) is 33.0 Å². The van der Waals surface area contributed by atoms with Crippen molar-refractivity contribution in [2.45, 2.75) is 0 Å². The monoisotopic (exact) mass is 284 g/mol. The predicted octanol–water partition coefficient (Wildman–Crippen LogP) is 1.71. The Balaban J connectivity index is 2.24. The molecule has 3 aromatic rings. The van der Waals surface area contributed by atoms with Gasteiger partial charge in [0.05, 0.1) is 19.0 Å². The number of hydrogen-bond acceptors (Lipinski definition) is 5. The summed E-state index contributed by atoms with van der Waals surface area (Å²) in [6, 6.07) is 7.40. The molecule has 3 N–H and O–H groups in total. The normalized spacial score (nSPS) is 10.7. The number of nitrogen functional groups attached to an aromatic ring is 1. The zero-order chi connectivity index (χ0) is 15.0. The third-order valence-electron chi connectivity index (χ3n) is 3.11. The van der Waals surface area contributed by atoms with Crippen molar-refractivity contribution >= 4 is 22.4 Å². The van der Waals surface area contributed by atoms with Crippen molar-refractivity contribution in [3.05, 3.63) is 42.4 Å². The number of pyridine rings is 1. The van der Waals surface area contributed by atoms with Gasteiger partial charge in [0.2, 0.25) is 0 Å². The van der Waals surface area contributed by atoms with Crippen molar-refractivity contribution in [3.8, 4) is 11.6 Å². The number of anilines is 1. The number of carboxylic acid groups (broad SMARTS) is 1. The Hall–Kier alpha value is -3.09. The van der Waals surface area contributed by atoms with Crippen LogP contribution in [0.25, 0.3) is 16.6 Å². The van der Waals surface area contributed by atoms with E-state index in [1.165, 1.54) is 10.9 Å². The minimum absolute atomic E-state index is 0.0872. The molecule has 1 aromatic carbocycles. The van der Waals surface area contributed by atoms with Gasteiger partial charge in [-0.2, -0.15) is 5.10 Å². The first kappa shape index (κ1) is 12.9. The Labute approximate surface area is 119 Å². The van der Waals surface area contributed by atoms with E-state index in [2.05, 4.69) is 10.1 Å². The maximum atomic E-state index is 11.0. The summed E-state index contributed by atoms with van der Waals surface area (Å²) >= 11 is 0. The second-order valence-electron chi connectivity index (χ2n) is 4.40. The van der Waals surface area contributed by atoms with Crippen molar-refractivity contribution in [2.75, 3.05) is 12.8 Å². The third kappa shape index (κ3) is 2.14. The molecular formula is C14H12N4O3. The quantitative estimate of drug-likeness (QED) is 0.758. The average Bonchev–Trinajstić information content (AvgIpc) is 2.88. The third-order valence-corrected chi connectivity index (χ3v) is 3.11. The van der Waals surface area contributed by atoms with E-state index in [0.29, 0.717) is 11.6 Å². The molecule has 2 heterocycles. The Morgan fingerprint density at radius 2 is 2.19 bits per heavy atom. The highest BCUT2D eigenvalue weighted by molar-refractivity contribution is 5.92. The summed E-state index contributed by atoms with van der Waals surface area (Å²) in [4.78, 5) is 15.3. The van der Waals surface area contributed by atoms with Crippen LogP contribution in [0.4, 0.5) is 5.69 Å². The molecule has 0 aliphatic rings. The number of hydrogen-bond donors (Lipinski definition) is 2. The van der Waals surface area contributed by atoms with Gasteiger partial charge in [-0.3, -0.25) is 0 Å². The molecule has 0 aliphatic heterocycles. The van der Waals surface area contributed by atoms with Crippen LogP contribution in [0.1, 0.15) is 10.5 Å². The predicted molar refractivity (Wildman–Crippen MR) is 76.8 cm³/mol. The second kappa shape index (κ2) is 4.78. The molecule has 106 valence electrons. The van der Waals surface area contributed by atoms with E-state index >= 15 is 0 Å². The van der Waals surface area contributed by atoms with Gasteiger partial charge in [-0.05, 0) is 23.6 Å². The fourth-order valence-electron chi connectivity index (χ4n) is 2.10. The molecule has 2 aromatic heterocycles. The maximum Gasteiger partial charge on any atom is 0.358 e. The van der Waals surface area contributed by atoms with Gasteiger partial charge in [-0.15, -0.1) is 0 Å². The Kier molecular flexibility index (Phi) is 2.94. The van der Waals surface area contributed by atoms with E-state index in [1.54, 1.807) is 13.3 Å². The van der Waals surface area contributed by atoms with Gasteiger partial charge >= 0.3 is 5.97 Å². The van der Waals surface area contributed by atoms with Crippen LogP contribution >= 0.6 is 0 Å². The van der Waals surface area contributed by atoms with Crippen LogP contribution in [-0.2, 0) is 0 Å². The van der Waals surface area contributed by atoms with Gasteiger partial charge in [0.15, 0.2) is 11.5 Å². The number of nitrogens with zero attached hydrogens (tertiary/aromatic N) is 3. The van der Waals surface area contributed by atoms with Crippen molar-refractivity contribution in [2.24, 2.45) is 0 Å². The highest BCUT2D eigenvalue weighted by Gasteiger charge is 2.16. The van der Waals surface area contributed by atoms with E-state index in [0.717, 1.165) is 10.8 Å². The lowest BCUT2D eigenvalue weighted by molar-refractivity contribution is 0.0691. The number of benzene rings is 1. The van der Waals surface area contributed by atoms with Crippen LogP contribution < -0.4 is 10.5 Å². The van der Waals surface area contributed by atoms with Gasteiger partial charge < -0.3 is 15.6 Å². The van der Waals surface area contributed by atoms with Gasteiger partial charge in [0.25, 0.3) is 0 Å². The number of aromatic carboxylic acids is 1. The molecule has 0 fully saturated rings. The van der Waals surface area contributed by atoms with E-state index in [9.17, 15) is 4.79 Å². The minimum Gasteiger partial charge on any atom is -0.497 e. The standard InChI is InChI=1S/C14H12N4O3/c1-21-9-3-2-8-4-5-16-13(10(8)6-9)18-7-11(15)12(17-18)14(19)20/h2-7H,15H2,1H3,(H,19,20). The number of rotatable bonds is 3. The number of nitrogens with two attached hydrogens (primary N) is 1. The summed E-state index contributed by atoms with van der Waals surface area (Å²) in [5.41, 5.74) is 5.55. The van der Waals surface area contributed by atoms with E-state index in [4.69, 9.17) is 15.6 Å². The maximum absolute atomic E-state index is 11.0. The van der Waals surface area contributed by atoms with Crippen LogP contribution in [0, 0.1) is 0 Å². The average molecular weight is 284 g/mol. The minimum atomic E-state index is -1.18. The molecule has 0 atom stereocenters. The molecular weight excluding hydrogens is 272 g/mol. The van der Waals surface area contributed by atoms with Crippen molar-refractivity contribution in [3.63, 3.8) is 0 Å². The highest BCUT2D eigenvalue weighted by Crippen LogP contribution is 2.25. The van der Waals surface area contributed by atoms with E-state index in [-0.39, 0.29) is 11.4 Å². The molecule has 0 amide bonds. The fraction of sp³-hybridized carbons (Fsp3) is 0.0714. The van der Waals surface area contributed by atoms with Crippen LogP contribution in [0.3, 0.4) is 0 Å². The summed E-state index contributed by atoms with van der Waals surface area (Å²) in [6.07, 6.45) is 3.06. The van der Waals surface area contributed by atoms with Crippen molar-refractivity contribution in [1.29, 1.82) is 0 Å². The molecule has 0 radical (unpaired) electrons. The van der Waals surface area contributed by atoms with Gasteiger partial charge in [0, 0.05) is 11.6 Å². The number of carboxylic acids is 1. The molecule has 3 rings (SSSR count). The van der Waals surface area contributed by atoms with Crippen molar-refractivity contribution in [1.82, 2.24) is 14.8 Å². The smallest absolute Gasteiger partial charge is 0.358 e. The van der Waals surface area contributed by atoms with Crippen LogP contribution in [0.5, 0.6) is 5.75 Å². The summed E-state index contributed by atoms with van der Waals surface area (Å²) in [5.74, 6) is -0.00926. The van der Waals surface area contributed by atoms with Gasteiger partial charge in [-0.25, -0.2) is 14.5 Å². The van der Waals surface area contributed by atoms with Crippen LogP contribution in [0.2, 0.25) is 0 Å². The number of aromatic nitrogens is 3. The topological polar surface area (TPSA) is 103 Å². The molecule has 7 nitrogen and oxygen atoms in total. The summed E-state index contributed by atoms with van der Waals surface area (Å²) < 4.78 is 6.57. The highest BCUT2D eigenvalue weighted by atomic mass is 16.5. The molecule has 7 heteroatoms. The van der Waals surface area contributed by atoms with Crippen LogP contribution in [0.15, 0.2) is 36.7 Å². The fourth-order valence-corrected chi connectivity index (χ4v) is 2.10. The lowest BCUT2D eigenvalue weighted by atomic mass is 10.1. The summed E-state index contributed by atoms with van der Waals surface area (Å²) in [6.45, 7) is 0. The first-order valence-corrected chi connectivity index (χ1v) is 6.11. The number of ether oxygens (including phenoxy) is 1. The summed E-state index contributed by atoms with van der Waals surface area (Å²) in [5, 5.41) is 14.7. The molecule has 0 saturated heterocycles. The Morgan fingerprint density at radius 1 is 1.38 bits per heavy atom. The molecule has 0 saturated carbocycles. The second-order valence-corrected chi connectivity index (χ2v) is 4.40. The van der Waals surface area contributed by atoms with Gasteiger partial charge in [0.1, 0.15) is 5.75 Å². The Morgan fingerprint density at radius 3 is 2.86 bits per heavy atom. The molecule has 0 bridgehead atoms. The summed E-state index contributed by atoms with van der Waals surface area (Å²) in [7, 11) is 1.58. The SMILES string of the molecule is COc1ccc2ccnc(-n3cc(N)c(C(=O)O)n3)c2c1. The zero-order valence-electron chi connectivity index (χ0n) is 11.1. The van der Waals surface area contributed by atoms with E-state index in [1.807, 2.05) is 24.3 Å². The van der Waals surface area contributed by atoms with E-state index < -0.39 is 5.97 Å². The molecule has 0 aliphatic carbocycles. The largest absolute Gasteiger partial charge is 0.497 e. The lowest BCUT2D eigenvalue weighted by Crippen LogP contribution is -2.04. The number of methoxy groups -OCH3 is 1. The molecule has 0 unspecified atom stereocenters. The Bertz CT molecular complexity index is 841. The number of fused-ring (bicyclic) bond motifs is 1. The first-order chi connectivity index (χ1) is 10.1. The van der Waals surface area contributed by atoms with Gasteiger partial charge in [-0.1, -0.05) is 6.07 Å². The molecule has 21 heavy (non-hydrogen) atoms. The zero-order valence-corrected chi connectivity index (χ0v) is 11.1. The molecule has 0 spiro atoms. The first-order valence-electron chi connectivity index (χ1n) is 6.11.